The van der Waals surface area contributed by atoms with Crippen LogP contribution in [0, 0.1) is 12.8 Å². The van der Waals surface area contributed by atoms with Gasteiger partial charge in [-0.15, -0.1) is 0 Å². The van der Waals surface area contributed by atoms with Crippen LogP contribution in [0.2, 0.25) is 0 Å². The maximum Gasteiger partial charge on any atom is 0.0931 e. The smallest absolute Gasteiger partial charge is 0.0931 e. The first-order chi connectivity index (χ1) is 7.90. The molecule has 0 aromatic heterocycles. The second-order valence-electron chi connectivity index (χ2n) is 5.31. The molecule has 0 saturated carbocycles. The predicted molar refractivity (Wildman–Crippen MR) is 73.1 cm³/mol. The minimum Gasteiger partial charge on any atom is -0.385 e. The molecule has 1 aromatic carbocycles. The fraction of sp³-hybridized carbons (Fsp3) is 0.600. The SMILES string of the molecule is CCC(O)(c1cccc(C)c1)C(C)CN(C)C. The highest BCUT2D eigenvalue weighted by Crippen LogP contribution is 2.33. The number of nitrogens with zero attached hydrogens (tertiary/aromatic N) is 1. The van der Waals surface area contributed by atoms with Crippen LogP contribution in [0.25, 0.3) is 0 Å². The zero-order chi connectivity index (χ0) is 13.1. The first-order valence-corrected chi connectivity index (χ1v) is 6.34. The molecule has 0 fully saturated rings. The minimum atomic E-state index is -0.726. The van der Waals surface area contributed by atoms with E-state index in [1.807, 2.05) is 26.2 Å². The van der Waals surface area contributed by atoms with E-state index in [0.717, 1.165) is 18.5 Å². The van der Waals surface area contributed by atoms with Crippen LogP contribution in [-0.4, -0.2) is 30.6 Å². The third-order valence-corrected chi connectivity index (χ3v) is 3.51. The monoisotopic (exact) mass is 235 g/mol. The van der Waals surface area contributed by atoms with E-state index in [9.17, 15) is 5.11 Å². The lowest BCUT2D eigenvalue weighted by atomic mass is 9.79. The Morgan fingerprint density at radius 3 is 2.47 bits per heavy atom. The molecule has 1 rings (SSSR count). The number of hydrogen-bond acceptors (Lipinski definition) is 2. The molecule has 2 unspecified atom stereocenters. The van der Waals surface area contributed by atoms with Crippen molar-refractivity contribution >= 4 is 0 Å². The molecule has 0 saturated heterocycles. The maximum atomic E-state index is 10.9. The van der Waals surface area contributed by atoms with Gasteiger partial charge in [-0.1, -0.05) is 43.7 Å². The topological polar surface area (TPSA) is 23.5 Å². The summed E-state index contributed by atoms with van der Waals surface area (Å²) < 4.78 is 0. The number of aryl methyl sites for hydroxylation is 1. The summed E-state index contributed by atoms with van der Waals surface area (Å²) in [7, 11) is 4.09. The summed E-state index contributed by atoms with van der Waals surface area (Å²) in [6.07, 6.45) is 0.742. The quantitative estimate of drug-likeness (QED) is 0.848. The average molecular weight is 235 g/mol. The Labute approximate surface area is 105 Å². The fourth-order valence-corrected chi connectivity index (χ4v) is 2.45. The van der Waals surface area contributed by atoms with Crippen LogP contribution in [0.15, 0.2) is 24.3 Å². The molecule has 0 aliphatic rings. The number of benzene rings is 1. The molecule has 96 valence electrons. The number of rotatable bonds is 5. The third-order valence-electron chi connectivity index (χ3n) is 3.51. The molecule has 0 aliphatic heterocycles. The summed E-state index contributed by atoms with van der Waals surface area (Å²) in [5.41, 5.74) is 1.51. The molecule has 1 aromatic rings. The van der Waals surface area contributed by atoms with Gasteiger partial charge < -0.3 is 10.0 Å². The molecule has 0 spiro atoms. The molecular formula is C15H25NO. The van der Waals surface area contributed by atoms with Gasteiger partial charge in [0.05, 0.1) is 5.60 Å². The first-order valence-electron chi connectivity index (χ1n) is 6.34. The van der Waals surface area contributed by atoms with Crippen molar-refractivity contribution in [3.05, 3.63) is 35.4 Å². The molecule has 0 amide bonds. The van der Waals surface area contributed by atoms with Crippen LogP contribution in [-0.2, 0) is 5.60 Å². The molecule has 2 heteroatoms. The Bertz CT molecular complexity index is 362. The highest BCUT2D eigenvalue weighted by Gasteiger charge is 2.33. The molecule has 0 aliphatic carbocycles. The van der Waals surface area contributed by atoms with Crippen LogP contribution >= 0.6 is 0 Å². The summed E-state index contributed by atoms with van der Waals surface area (Å²) in [6.45, 7) is 7.12. The van der Waals surface area contributed by atoms with Crippen LogP contribution in [0.5, 0.6) is 0 Å². The minimum absolute atomic E-state index is 0.212. The molecule has 0 bridgehead atoms. The molecule has 17 heavy (non-hydrogen) atoms. The van der Waals surface area contributed by atoms with Crippen LogP contribution in [0.4, 0.5) is 0 Å². The van der Waals surface area contributed by atoms with Crippen molar-refractivity contribution in [1.29, 1.82) is 0 Å². The van der Waals surface area contributed by atoms with Gasteiger partial charge in [-0.25, -0.2) is 0 Å². The van der Waals surface area contributed by atoms with Gasteiger partial charge in [-0.2, -0.15) is 0 Å². The van der Waals surface area contributed by atoms with Gasteiger partial charge in [0, 0.05) is 12.5 Å². The highest BCUT2D eigenvalue weighted by molar-refractivity contribution is 5.28. The van der Waals surface area contributed by atoms with Gasteiger partial charge in [0.25, 0.3) is 0 Å². The van der Waals surface area contributed by atoms with E-state index in [1.54, 1.807) is 0 Å². The predicted octanol–water partition coefficient (Wildman–Crippen LogP) is 2.79. The Balaban J connectivity index is 3.02. The van der Waals surface area contributed by atoms with E-state index >= 15 is 0 Å². The second kappa shape index (κ2) is 5.65. The van der Waals surface area contributed by atoms with E-state index in [-0.39, 0.29) is 5.92 Å². The van der Waals surface area contributed by atoms with E-state index in [2.05, 4.69) is 37.8 Å². The average Bonchev–Trinajstić information content (AvgIpc) is 2.27. The molecule has 0 heterocycles. The van der Waals surface area contributed by atoms with Gasteiger partial charge in [-0.05, 0) is 33.0 Å². The normalized spacial score (nSPS) is 16.9. The van der Waals surface area contributed by atoms with Gasteiger partial charge in [0.2, 0.25) is 0 Å². The Morgan fingerprint density at radius 1 is 1.35 bits per heavy atom. The Morgan fingerprint density at radius 2 is 2.00 bits per heavy atom. The molecule has 2 atom stereocenters. The van der Waals surface area contributed by atoms with Crippen molar-refractivity contribution in [3.63, 3.8) is 0 Å². The third kappa shape index (κ3) is 3.30. The summed E-state index contributed by atoms with van der Waals surface area (Å²) in [6, 6.07) is 8.21. The highest BCUT2D eigenvalue weighted by atomic mass is 16.3. The number of aliphatic hydroxyl groups is 1. The lowest BCUT2D eigenvalue weighted by molar-refractivity contribution is -0.0292. The summed E-state index contributed by atoms with van der Waals surface area (Å²) in [5, 5.41) is 10.9. The van der Waals surface area contributed by atoms with Gasteiger partial charge in [0.15, 0.2) is 0 Å². The van der Waals surface area contributed by atoms with Crippen molar-refractivity contribution in [1.82, 2.24) is 4.90 Å². The largest absolute Gasteiger partial charge is 0.385 e. The first kappa shape index (κ1) is 14.2. The van der Waals surface area contributed by atoms with E-state index in [1.165, 1.54) is 5.56 Å². The summed E-state index contributed by atoms with van der Waals surface area (Å²) in [4.78, 5) is 2.13. The fourth-order valence-electron chi connectivity index (χ4n) is 2.45. The standard InChI is InChI=1S/C15H25NO/c1-6-15(17,13(3)11-16(4)5)14-9-7-8-12(2)10-14/h7-10,13,17H,6,11H2,1-5H3. The van der Waals surface area contributed by atoms with Crippen molar-refractivity contribution in [2.75, 3.05) is 20.6 Å². The van der Waals surface area contributed by atoms with Gasteiger partial charge in [-0.3, -0.25) is 0 Å². The Hall–Kier alpha value is -0.860. The zero-order valence-electron chi connectivity index (χ0n) is 11.7. The maximum absolute atomic E-state index is 10.9. The molecule has 2 nitrogen and oxygen atoms in total. The lowest BCUT2D eigenvalue weighted by Crippen LogP contribution is -2.38. The molecular weight excluding hydrogens is 210 g/mol. The van der Waals surface area contributed by atoms with E-state index in [4.69, 9.17) is 0 Å². The van der Waals surface area contributed by atoms with Crippen LogP contribution < -0.4 is 0 Å². The number of hydrogen-bond donors (Lipinski definition) is 1. The molecule has 1 N–H and O–H groups in total. The van der Waals surface area contributed by atoms with Crippen LogP contribution in [0.3, 0.4) is 0 Å². The molecule has 0 radical (unpaired) electrons. The lowest BCUT2D eigenvalue weighted by Gasteiger charge is -2.35. The van der Waals surface area contributed by atoms with Crippen molar-refractivity contribution in [2.24, 2.45) is 5.92 Å². The zero-order valence-corrected chi connectivity index (χ0v) is 11.7. The second-order valence-corrected chi connectivity index (χ2v) is 5.31. The van der Waals surface area contributed by atoms with Gasteiger partial charge in [0.1, 0.15) is 0 Å². The van der Waals surface area contributed by atoms with E-state index < -0.39 is 5.60 Å². The Kier molecular flexibility index (Phi) is 4.72. The van der Waals surface area contributed by atoms with Crippen molar-refractivity contribution < 1.29 is 5.11 Å². The van der Waals surface area contributed by atoms with Crippen molar-refractivity contribution in [3.8, 4) is 0 Å². The van der Waals surface area contributed by atoms with E-state index in [0.29, 0.717) is 0 Å². The summed E-state index contributed by atoms with van der Waals surface area (Å²) >= 11 is 0. The van der Waals surface area contributed by atoms with Crippen LogP contribution in [0.1, 0.15) is 31.4 Å². The summed E-state index contributed by atoms with van der Waals surface area (Å²) in [5.74, 6) is 0.212. The van der Waals surface area contributed by atoms with Gasteiger partial charge >= 0.3 is 0 Å². The van der Waals surface area contributed by atoms with Crippen molar-refractivity contribution in [2.45, 2.75) is 32.8 Å².